The number of sulfonamides is 1. The van der Waals surface area contributed by atoms with Crippen LogP contribution in [0.25, 0.3) is 0 Å². The van der Waals surface area contributed by atoms with Gasteiger partial charge in [-0.3, -0.25) is 4.31 Å². The second-order valence-electron chi connectivity index (χ2n) is 3.72. The van der Waals surface area contributed by atoms with Crippen LogP contribution in [0.4, 0.5) is 5.69 Å². The fourth-order valence-electron chi connectivity index (χ4n) is 1.47. The van der Waals surface area contributed by atoms with Crippen LogP contribution in [0.1, 0.15) is 12.8 Å². The lowest BCUT2D eigenvalue weighted by Gasteiger charge is -2.22. The number of nitrogens with zero attached hydrogens (tertiary/aromatic N) is 2. The molecule has 18 heavy (non-hydrogen) atoms. The molecular weight excluding hydrogens is 295 g/mol. The topological polar surface area (TPSA) is 61.2 Å². The van der Waals surface area contributed by atoms with Crippen molar-refractivity contribution < 1.29 is 8.42 Å². The monoisotopic (exact) mass is 306 g/mol. The number of hydrogen-bond acceptors (Lipinski definition) is 3. The summed E-state index contributed by atoms with van der Waals surface area (Å²) in [4.78, 5) is 0. The maximum absolute atomic E-state index is 11.7. The molecule has 0 heterocycles. The van der Waals surface area contributed by atoms with Gasteiger partial charge in [-0.05, 0) is 24.6 Å². The van der Waals surface area contributed by atoms with Gasteiger partial charge >= 0.3 is 0 Å². The molecule has 0 spiro atoms. The van der Waals surface area contributed by atoms with E-state index >= 15 is 0 Å². The zero-order chi connectivity index (χ0) is 13.8. The Kier molecular flexibility index (Phi) is 5.27. The number of halogens is 2. The van der Waals surface area contributed by atoms with Crippen LogP contribution in [-0.2, 0) is 10.0 Å². The van der Waals surface area contributed by atoms with Gasteiger partial charge in [0.15, 0.2) is 0 Å². The summed E-state index contributed by atoms with van der Waals surface area (Å²) in [5, 5.41) is 9.21. The van der Waals surface area contributed by atoms with Gasteiger partial charge < -0.3 is 0 Å². The van der Waals surface area contributed by atoms with E-state index in [-0.39, 0.29) is 6.54 Å². The Hall–Kier alpha value is -0.960. The van der Waals surface area contributed by atoms with Crippen LogP contribution in [0.2, 0.25) is 10.0 Å². The quantitative estimate of drug-likeness (QED) is 0.785. The molecule has 0 bridgehead atoms. The number of anilines is 1. The molecule has 1 rings (SSSR count). The van der Waals surface area contributed by atoms with Crippen molar-refractivity contribution in [2.24, 2.45) is 0 Å². The highest BCUT2D eigenvalue weighted by atomic mass is 35.5. The molecule has 0 amide bonds. The molecule has 0 aliphatic carbocycles. The van der Waals surface area contributed by atoms with Gasteiger partial charge in [0.1, 0.15) is 0 Å². The van der Waals surface area contributed by atoms with Gasteiger partial charge in [-0.1, -0.05) is 23.2 Å². The number of rotatable bonds is 5. The van der Waals surface area contributed by atoms with Crippen LogP contribution < -0.4 is 4.31 Å². The summed E-state index contributed by atoms with van der Waals surface area (Å²) in [7, 11) is -3.43. The van der Waals surface area contributed by atoms with E-state index in [9.17, 15) is 8.42 Å². The molecule has 0 aromatic heterocycles. The average molecular weight is 307 g/mol. The van der Waals surface area contributed by atoms with Crippen molar-refractivity contribution in [3.8, 4) is 6.07 Å². The van der Waals surface area contributed by atoms with Gasteiger partial charge in [0.2, 0.25) is 10.0 Å². The fraction of sp³-hybridized carbons (Fsp3) is 0.364. The molecule has 0 unspecified atom stereocenters. The van der Waals surface area contributed by atoms with Crippen LogP contribution >= 0.6 is 23.2 Å². The maximum atomic E-state index is 11.7. The number of nitriles is 1. The van der Waals surface area contributed by atoms with E-state index in [1.54, 1.807) is 0 Å². The largest absolute Gasteiger partial charge is 0.270 e. The van der Waals surface area contributed by atoms with Crippen LogP contribution in [-0.4, -0.2) is 21.2 Å². The Morgan fingerprint density at radius 3 is 2.28 bits per heavy atom. The Morgan fingerprint density at radius 2 is 1.83 bits per heavy atom. The number of unbranched alkanes of at least 4 members (excludes halogenated alkanes) is 1. The molecule has 0 saturated heterocycles. The predicted molar refractivity (Wildman–Crippen MR) is 73.5 cm³/mol. The highest BCUT2D eigenvalue weighted by Gasteiger charge is 2.17. The summed E-state index contributed by atoms with van der Waals surface area (Å²) in [5.41, 5.74) is 0.410. The minimum Gasteiger partial charge on any atom is -0.270 e. The minimum atomic E-state index is -3.43. The maximum Gasteiger partial charge on any atom is 0.232 e. The second-order valence-corrected chi connectivity index (χ2v) is 6.50. The Balaban J connectivity index is 3.07. The van der Waals surface area contributed by atoms with E-state index in [4.69, 9.17) is 28.5 Å². The van der Waals surface area contributed by atoms with Gasteiger partial charge in [0.05, 0.1) is 18.0 Å². The van der Waals surface area contributed by atoms with E-state index in [1.807, 2.05) is 6.07 Å². The van der Waals surface area contributed by atoms with Crippen molar-refractivity contribution in [2.45, 2.75) is 12.8 Å². The van der Waals surface area contributed by atoms with E-state index in [0.717, 1.165) is 6.26 Å². The molecule has 1 aromatic rings. The molecule has 0 atom stereocenters. The Labute approximate surface area is 117 Å². The molecule has 98 valence electrons. The van der Waals surface area contributed by atoms with Crippen molar-refractivity contribution in [2.75, 3.05) is 17.1 Å². The molecule has 0 aliphatic rings. The van der Waals surface area contributed by atoms with Gasteiger partial charge in [-0.2, -0.15) is 5.26 Å². The summed E-state index contributed by atoms with van der Waals surface area (Å²) in [6.07, 6.45) is 1.85. The standard InChI is InChI=1S/C11H12Cl2N2O2S/c1-18(16,17)15(5-3-2-4-14)11-7-9(12)6-10(13)8-11/h6-8H,2-3,5H2,1H3. The third kappa shape index (κ3) is 4.37. The second kappa shape index (κ2) is 6.28. The lowest BCUT2D eigenvalue weighted by atomic mass is 10.3. The lowest BCUT2D eigenvalue weighted by molar-refractivity contribution is 0.595. The third-order valence-electron chi connectivity index (χ3n) is 2.19. The zero-order valence-corrected chi connectivity index (χ0v) is 12.1. The first-order valence-electron chi connectivity index (χ1n) is 5.15. The summed E-state index contributed by atoms with van der Waals surface area (Å²) >= 11 is 11.7. The molecular formula is C11H12Cl2N2O2S. The predicted octanol–water partition coefficient (Wildman–Crippen LogP) is 3.06. The molecule has 1 aromatic carbocycles. The van der Waals surface area contributed by atoms with E-state index < -0.39 is 10.0 Å². The van der Waals surface area contributed by atoms with Crippen molar-refractivity contribution in [3.05, 3.63) is 28.2 Å². The van der Waals surface area contributed by atoms with E-state index in [2.05, 4.69) is 0 Å². The highest BCUT2D eigenvalue weighted by Crippen LogP contribution is 2.27. The van der Waals surface area contributed by atoms with Crippen molar-refractivity contribution in [1.82, 2.24) is 0 Å². The zero-order valence-electron chi connectivity index (χ0n) is 9.73. The van der Waals surface area contributed by atoms with Crippen molar-refractivity contribution in [3.63, 3.8) is 0 Å². The SMILES string of the molecule is CS(=O)(=O)N(CCCC#N)c1cc(Cl)cc(Cl)c1. The molecule has 0 radical (unpaired) electrons. The van der Waals surface area contributed by atoms with Crippen LogP contribution in [0.3, 0.4) is 0 Å². The summed E-state index contributed by atoms with van der Waals surface area (Å²) in [5.74, 6) is 0. The normalized spacial score (nSPS) is 11.0. The smallest absolute Gasteiger partial charge is 0.232 e. The first-order valence-corrected chi connectivity index (χ1v) is 7.76. The number of hydrogen-bond donors (Lipinski definition) is 0. The van der Waals surface area contributed by atoms with Gasteiger partial charge in [0, 0.05) is 23.0 Å². The number of benzene rings is 1. The Bertz CT molecular complexity index is 547. The van der Waals surface area contributed by atoms with Crippen LogP contribution in [0.15, 0.2) is 18.2 Å². The summed E-state index contributed by atoms with van der Waals surface area (Å²) < 4.78 is 24.6. The highest BCUT2D eigenvalue weighted by molar-refractivity contribution is 7.92. The minimum absolute atomic E-state index is 0.225. The first kappa shape index (κ1) is 15.1. The van der Waals surface area contributed by atoms with Gasteiger partial charge in [-0.25, -0.2) is 8.42 Å². The van der Waals surface area contributed by atoms with Gasteiger partial charge in [0.25, 0.3) is 0 Å². The van der Waals surface area contributed by atoms with E-state index in [0.29, 0.717) is 28.6 Å². The molecule has 7 heteroatoms. The first-order chi connectivity index (χ1) is 8.34. The summed E-state index contributed by atoms with van der Waals surface area (Å²) in [6.45, 7) is 0.225. The molecule has 0 fully saturated rings. The third-order valence-corrected chi connectivity index (χ3v) is 3.82. The summed E-state index contributed by atoms with van der Waals surface area (Å²) in [6, 6.07) is 6.56. The van der Waals surface area contributed by atoms with Gasteiger partial charge in [-0.15, -0.1) is 0 Å². The fourth-order valence-corrected chi connectivity index (χ4v) is 2.94. The lowest BCUT2D eigenvalue weighted by Crippen LogP contribution is -2.30. The molecule has 0 aliphatic heterocycles. The molecule has 0 saturated carbocycles. The van der Waals surface area contributed by atoms with E-state index in [1.165, 1.54) is 22.5 Å². The van der Waals surface area contributed by atoms with Crippen LogP contribution in [0.5, 0.6) is 0 Å². The van der Waals surface area contributed by atoms with Crippen LogP contribution in [0, 0.1) is 11.3 Å². The average Bonchev–Trinajstić information content (AvgIpc) is 2.21. The molecule has 0 N–H and O–H groups in total. The Morgan fingerprint density at radius 1 is 1.28 bits per heavy atom. The van der Waals surface area contributed by atoms with Crippen molar-refractivity contribution in [1.29, 1.82) is 5.26 Å². The van der Waals surface area contributed by atoms with Crippen molar-refractivity contribution >= 4 is 38.9 Å². The molecule has 4 nitrogen and oxygen atoms in total.